The van der Waals surface area contributed by atoms with Crippen molar-refractivity contribution in [1.29, 1.82) is 0 Å². The van der Waals surface area contributed by atoms with Crippen LogP contribution in [0, 0.1) is 13.8 Å². The van der Waals surface area contributed by atoms with Crippen molar-refractivity contribution < 1.29 is 0 Å². The van der Waals surface area contributed by atoms with Crippen molar-refractivity contribution in [1.82, 2.24) is 14.8 Å². The topological polar surface area (TPSA) is 56.7 Å². The van der Waals surface area contributed by atoms with Gasteiger partial charge in [0.15, 0.2) is 0 Å². The van der Waals surface area contributed by atoms with Gasteiger partial charge in [-0.15, -0.1) is 0 Å². The summed E-state index contributed by atoms with van der Waals surface area (Å²) in [7, 11) is 0. The van der Waals surface area contributed by atoms with Crippen molar-refractivity contribution >= 4 is 17.4 Å². The van der Waals surface area contributed by atoms with Crippen molar-refractivity contribution in [2.45, 2.75) is 20.4 Å². The number of rotatable bonds is 2. The van der Waals surface area contributed by atoms with E-state index in [0.29, 0.717) is 12.4 Å². The Morgan fingerprint density at radius 3 is 2.75 bits per heavy atom. The van der Waals surface area contributed by atoms with Gasteiger partial charge in [0.05, 0.1) is 23.0 Å². The lowest BCUT2D eigenvalue weighted by Gasteiger charge is -2.04. The lowest BCUT2D eigenvalue weighted by atomic mass is 10.2. The molecule has 0 aliphatic carbocycles. The fourth-order valence-electron chi connectivity index (χ4n) is 1.59. The van der Waals surface area contributed by atoms with E-state index in [9.17, 15) is 0 Å². The minimum Gasteiger partial charge on any atom is -0.384 e. The first-order chi connectivity index (χ1) is 7.58. The fourth-order valence-corrected chi connectivity index (χ4v) is 1.73. The average Bonchev–Trinajstić information content (AvgIpc) is 2.47. The molecule has 0 fully saturated rings. The van der Waals surface area contributed by atoms with Gasteiger partial charge < -0.3 is 5.73 Å². The largest absolute Gasteiger partial charge is 0.384 e. The van der Waals surface area contributed by atoms with E-state index in [-0.39, 0.29) is 0 Å². The van der Waals surface area contributed by atoms with E-state index in [0.717, 1.165) is 22.0 Å². The Labute approximate surface area is 99.1 Å². The van der Waals surface area contributed by atoms with E-state index < -0.39 is 0 Å². The van der Waals surface area contributed by atoms with E-state index >= 15 is 0 Å². The molecule has 2 rings (SSSR count). The van der Waals surface area contributed by atoms with Crippen LogP contribution in [0.4, 0.5) is 5.82 Å². The Morgan fingerprint density at radius 2 is 2.19 bits per heavy atom. The molecule has 0 spiro atoms. The van der Waals surface area contributed by atoms with Crippen LogP contribution in [0.15, 0.2) is 18.3 Å². The summed E-state index contributed by atoms with van der Waals surface area (Å²) in [5.74, 6) is 0.519. The highest BCUT2D eigenvalue weighted by molar-refractivity contribution is 6.31. The Balaban J connectivity index is 2.30. The zero-order valence-electron chi connectivity index (χ0n) is 9.24. The minimum absolute atomic E-state index is 0.519. The maximum absolute atomic E-state index is 6.08. The van der Waals surface area contributed by atoms with Gasteiger partial charge in [-0.05, 0) is 31.5 Å². The molecular weight excluding hydrogens is 224 g/mol. The molecule has 16 heavy (non-hydrogen) atoms. The molecule has 84 valence electrons. The van der Waals surface area contributed by atoms with Gasteiger partial charge in [0.25, 0.3) is 0 Å². The molecule has 0 unspecified atom stereocenters. The Hall–Kier alpha value is -1.55. The molecule has 0 amide bonds. The van der Waals surface area contributed by atoms with E-state index in [4.69, 9.17) is 17.3 Å². The van der Waals surface area contributed by atoms with Gasteiger partial charge >= 0.3 is 0 Å². The number of anilines is 1. The molecule has 2 heterocycles. The molecule has 0 aliphatic heterocycles. The molecule has 2 aromatic heterocycles. The molecule has 0 radical (unpaired) electrons. The predicted octanol–water partition coefficient (Wildman–Crippen LogP) is 2.18. The highest BCUT2D eigenvalue weighted by Crippen LogP contribution is 2.19. The van der Waals surface area contributed by atoms with Gasteiger partial charge in [0.2, 0.25) is 0 Å². The molecule has 2 N–H and O–H groups in total. The van der Waals surface area contributed by atoms with Crippen molar-refractivity contribution in [2.24, 2.45) is 0 Å². The second kappa shape index (κ2) is 4.14. The van der Waals surface area contributed by atoms with Crippen LogP contribution >= 0.6 is 11.6 Å². The van der Waals surface area contributed by atoms with Crippen LogP contribution in [-0.2, 0) is 6.54 Å². The Morgan fingerprint density at radius 1 is 1.44 bits per heavy atom. The second-order valence-corrected chi connectivity index (χ2v) is 4.11. The first-order valence-electron chi connectivity index (χ1n) is 4.98. The summed E-state index contributed by atoms with van der Waals surface area (Å²) in [5, 5.41) is 5.08. The van der Waals surface area contributed by atoms with Crippen molar-refractivity contribution in [2.75, 3.05) is 5.73 Å². The number of aromatic nitrogens is 3. The van der Waals surface area contributed by atoms with Gasteiger partial charge in [0, 0.05) is 6.20 Å². The number of nitrogens with zero attached hydrogens (tertiary/aromatic N) is 3. The Kier molecular flexibility index (Phi) is 2.83. The third-order valence-corrected chi connectivity index (χ3v) is 3.02. The number of hydrogen-bond donors (Lipinski definition) is 1. The van der Waals surface area contributed by atoms with Crippen molar-refractivity contribution in [3.8, 4) is 0 Å². The standard InChI is InChI=1S/C11H13ClN4/c1-7-11(12)8(2)16(15-7)6-9-3-4-14-10(13)5-9/h3-5H,6H2,1-2H3,(H2,13,14). The normalized spacial score (nSPS) is 10.7. The molecule has 2 aromatic rings. The van der Waals surface area contributed by atoms with Crippen LogP contribution in [0.5, 0.6) is 0 Å². The summed E-state index contributed by atoms with van der Waals surface area (Å²) in [4.78, 5) is 3.95. The van der Waals surface area contributed by atoms with E-state index in [1.165, 1.54) is 0 Å². The number of halogens is 1. The first-order valence-corrected chi connectivity index (χ1v) is 5.35. The van der Waals surface area contributed by atoms with Crippen LogP contribution in [0.3, 0.4) is 0 Å². The number of nitrogen functional groups attached to an aromatic ring is 1. The summed E-state index contributed by atoms with van der Waals surface area (Å²) in [6, 6.07) is 3.76. The summed E-state index contributed by atoms with van der Waals surface area (Å²) in [6.45, 7) is 4.51. The molecule has 0 saturated heterocycles. The van der Waals surface area contributed by atoms with E-state index in [1.54, 1.807) is 6.20 Å². The quantitative estimate of drug-likeness (QED) is 0.870. The highest BCUT2D eigenvalue weighted by atomic mass is 35.5. The van der Waals surface area contributed by atoms with Gasteiger partial charge in [-0.2, -0.15) is 5.10 Å². The van der Waals surface area contributed by atoms with Crippen LogP contribution in [0.1, 0.15) is 17.0 Å². The van der Waals surface area contributed by atoms with Crippen LogP contribution in [0.2, 0.25) is 5.02 Å². The van der Waals surface area contributed by atoms with Gasteiger partial charge in [0.1, 0.15) is 5.82 Å². The monoisotopic (exact) mass is 236 g/mol. The molecule has 0 aromatic carbocycles. The van der Waals surface area contributed by atoms with Gasteiger partial charge in [-0.1, -0.05) is 11.6 Å². The third-order valence-electron chi connectivity index (χ3n) is 2.47. The zero-order chi connectivity index (χ0) is 11.7. The lowest BCUT2D eigenvalue weighted by Crippen LogP contribution is -2.04. The Bertz CT molecular complexity index is 519. The number of pyridine rings is 1. The fraction of sp³-hybridized carbons (Fsp3) is 0.273. The average molecular weight is 237 g/mol. The zero-order valence-corrected chi connectivity index (χ0v) is 9.99. The third kappa shape index (κ3) is 2.02. The number of nitrogens with two attached hydrogens (primary N) is 1. The summed E-state index contributed by atoms with van der Waals surface area (Å²) in [6.07, 6.45) is 1.69. The van der Waals surface area contributed by atoms with Crippen molar-refractivity contribution in [3.05, 3.63) is 40.3 Å². The summed E-state index contributed by atoms with van der Waals surface area (Å²) in [5.41, 5.74) is 8.50. The van der Waals surface area contributed by atoms with Crippen LogP contribution < -0.4 is 5.73 Å². The van der Waals surface area contributed by atoms with E-state index in [2.05, 4.69) is 10.1 Å². The van der Waals surface area contributed by atoms with E-state index in [1.807, 2.05) is 30.7 Å². The highest BCUT2D eigenvalue weighted by Gasteiger charge is 2.09. The maximum atomic E-state index is 6.08. The molecule has 0 saturated carbocycles. The lowest BCUT2D eigenvalue weighted by molar-refractivity contribution is 0.658. The molecule has 5 heteroatoms. The van der Waals surface area contributed by atoms with Crippen LogP contribution in [-0.4, -0.2) is 14.8 Å². The molecular formula is C11H13ClN4. The molecule has 0 bridgehead atoms. The number of hydrogen-bond acceptors (Lipinski definition) is 3. The predicted molar refractivity (Wildman–Crippen MR) is 64.5 cm³/mol. The maximum Gasteiger partial charge on any atom is 0.123 e. The van der Waals surface area contributed by atoms with Gasteiger partial charge in [-0.3, -0.25) is 4.68 Å². The van der Waals surface area contributed by atoms with Gasteiger partial charge in [-0.25, -0.2) is 4.98 Å². The molecule has 0 aliphatic rings. The van der Waals surface area contributed by atoms with Crippen LogP contribution in [0.25, 0.3) is 0 Å². The summed E-state index contributed by atoms with van der Waals surface area (Å²) < 4.78 is 1.87. The second-order valence-electron chi connectivity index (χ2n) is 3.73. The number of aryl methyl sites for hydroxylation is 1. The molecule has 0 atom stereocenters. The van der Waals surface area contributed by atoms with Crippen molar-refractivity contribution in [3.63, 3.8) is 0 Å². The summed E-state index contributed by atoms with van der Waals surface area (Å²) >= 11 is 6.08. The smallest absolute Gasteiger partial charge is 0.123 e. The SMILES string of the molecule is Cc1nn(Cc2ccnc(N)c2)c(C)c1Cl. The minimum atomic E-state index is 0.519. The first kappa shape index (κ1) is 11.0. The molecule has 4 nitrogen and oxygen atoms in total.